The van der Waals surface area contributed by atoms with Crippen molar-refractivity contribution < 1.29 is 17.7 Å². The number of anilines is 1. The van der Waals surface area contributed by atoms with Crippen LogP contribution in [0.5, 0.6) is 0 Å². The highest BCUT2D eigenvalue weighted by Gasteiger charge is 2.37. The molecule has 0 aliphatic carbocycles. The van der Waals surface area contributed by atoms with Crippen molar-refractivity contribution in [3.05, 3.63) is 76.7 Å². The van der Waals surface area contributed by atoms with Gasteiger partial charge >= 0.3 is 0 Å². The van der Waals surface area contributed by atoms with E-state index < -0.39 is 10.0 Å². The molecule has 8 heteroatoms. The lowest BCUT2D eigenvalue weighted by Crippen LogP contribution is -2.44. The number of rotatable bonds is 7. The van der Waals surface area contributed by atoms with E-state index in [-0.39, 0.29) is 35.6 Å². The summed E-state index contributed by atoms with van der Waals surface area (Å²) in [6.07, 6.45) is 4.40. The molecule has 1 aliphatic heterocycles. The van der Waals surface area contributed by atoms with Gasteiger partial charge in [-0.15, -0.1) is 0 Å². The number of carbonyl (C=O) groups is 1. The van der Waals surface area contributed by atoms with Crippen molar-refractivity contribution in [1.29, 1.82) is 0 Å². The van der Waals surface area contributed by atoms with E-state index >= 15 is 0 Å². The summed E-state index contributed by atoms with van der Waals surface area (Å²) >= 11 is 0. The number of carbonyl (C=O) groups excluding carboxylic acids is 1. The first-order valence-corrected chi connectivity index (χ1v) is 13.7. The Morgan fingerprint density at radius 3 is 2.39 bits per heavy atom. The van der Waals surface area contributed by atoms with Crippen molar-refractivity contribution >= 4 is 33.8 Å². The lowest BCUT2D eigenvalue weighted by atomic mass is 9.96. The Morgan fingerprint density at radius 1 is 1.06 bits per heavy atom. The van der Waals surface area contributed by atoms with Crippen LogP contribution in [0.15, 0.2) is 57.9 Å². The van der Waals surface area contributed by atoms with Crippen LogP contribution >= 0.6 is 0 Å². The van der Waals surface area contributed by atoms with Gasteiger partial charge in [0.1, 0.15) is 5.69 Å². The van der Waals surface area contributed by atoms with Crippen molar-refractivity contribution in [2.45, 2.75) is 45.4 Å². The molecule has 0 unspecified atom stereocenters. The monoisotopic (exact) mass is 507 g/mol. The standard InChI is InChI=1S/C28H33N3O4S/c1-5-31(25-8-6-7-21(3)19-25)28(32)24-15-17-30(18-16-24)36(33,34)27-22(4)29-35-26(27)14-13-23-11-9-20(2)10-12-23/h6-14,19,24H,5,15-18H2,1-4H3. The third kappa shape index (κ3) is 5.44. The maximum Gasteiger partial charge on any atom is 0.248 e. The molecule has 0 bridgehead atoms. The van der Waals surface area contributed by atoms with Gasteiger partial charge in [-0.3, -0.25) is 4.79 Å². The number of aromatic nitrogens is 1. The largest absolute Gasteiger partial charge is 0.355 e. The van der Waals surface area contributed by atoms with Crippen LogP contribution < -0.4 is 4.90 Å². The smallest absolute Gasteiger partial charge is 0.248 e. The predicted molar refractivity (Wildman–Crippen MR) is 142 cm³/mol. The molecule has 2 heterocycles. The zero-order chi connectivity index (χ0) is 25.9. The fourth-order valence-electron chi connectivity index (χ4n) is 4.60. The van der Waals surface area contributed by atoms with Gasteiger partial charge in [0.25, 0.3) is 0 Å². The highest BCUT2D eigenvalue weighted by atomic mass is 32.2. The lowest BCUT2D eigenvalue weighted by molar-refractivity contribution is -0.123. The van der Waals surface area contributed by atoms with Crippen molar-refractivity contribution in [2.75, 3.05) is 24.5 Å². The van der Waals surface area contributed by atoms with E-state index in [9.17, 15) is 13.2 Å². The minimum Gasteiger partial charge on any atom is -0.355 e. The number of piperidine rings is 1. The minimum atomic E-state index is -3.82. The second-order valence-corrected chi connectivity index (χ2v) is 11.2. The Labute approximate surface area is 213 Å². The average Bonchev–Trinajstić information content (AvgIpc) is 3.25. The van der Waals surface area contributed by atoms with Crippen molar-refractivity contribution in [1.82, 2.24) is 9.46 Å². The van der Waals surface area contributed by atoms with Crippen LogP contribution in [0.25, 0.3) is 12.2 Å². The second kappa shape index (κ2) is 10.8. The van der Waals surface area contributed by atoms with Crippen LogP contribution in [0.2, 0.25) is 0 Å². The molecule has 0 saturated carbocycles. The fourth-order valence-corrected chi connectivity index (χ4v) is 6.32. The molecule has 1 aliphatic rings. The van der Waals surface area contributed by atoms with E-state index in [0.29, 0.717) is 25.1 Å². The maximum atomic E-state index is 13.6. The summed E-state index contributed by atoms with van der Waals surface area (Å²) in [4.78, 5) is 15.2. The predicted octanol–water partition coefficient (Wildman–Crippen LogP) is 5.22. The maximum absolute atomic E-state index is 13.6. The molecule has 1 amide bonds. The molecule has 7 nitrogen and oxygen atoms in total. The molecular weight excluding hydrogens is 474 g/mol. The normalized spacial score (nSPS) is 15.4. The zero-order valence-electron chi connectivity index (χ0n) is 21.3. The topological polar surface area (TPSA) is 83.7 Å². The fraction of sp³-hybridized carbons (Fsp3) is 0.357. The molecule has 4 rings (SSSR count). The third-order valence-electron chi connectivity index (χ3n) is 6.63. The highest BCUT2D eigenvalue weighted by molar-refractivity contribution is 7.89. The molecule has 2 aromatic carbocycles. The molecule has 1 fully saturated rings. The Bertz CT molecular complexity index is 1350. The first kappa shape index (κ1) is 25.9. The summed E-state index contributed by atoms with van der Waals surface area (Å²) < 4.78 is 34.0. The molecule has 0 radical (unpaired) electrons. The van der Waals surface area contributed by atoms with E-state index in [1.165, 1.54) is 4.31 Å². The third-order valence-corrected chi connectivity index (χ3v) is 8.69. The molecular formula is C28H33N3O4S. The number of aryl methyl sites for hydroxylation is 3. The summed E-state index contributed by atoms with van der Waals surface area (Å²) in [6.45, 7) is 8.72. The van der Waals surface area contributed by atoms with Gasteiger partial charge in [0.05, 0.1) is 0 Å². The summed E-state index contributed by atoms with van der Waals surface area (Å²) in [7, 11) is -3.82. The van der Waals surface area contributed by atoms with Crippen LogP contribution in [-0.2, 0) is 14.8 Å². The molecule has 0 spiro atoms. The summed E-state index contributed by atoms with van der Waals surface area (Å²) in [5, 5.41) is 3.93. The Balaban J connectivity index is 1.48. The van der Waals surface area contributed by atoms with Crippen LogP contribution in [-0.4, -0.2) is 43.4 Å². The van der Waals surface area contributed by atoms with Gasteiger partial charge in [0.15, 0.2) is 10.7 Å². The first-order valence-electron chi connectivity index (χ1n) is 12.3. The van der Waals surface area contributed by atoms with Gasteiger partial charge < -0.3 is 9.42 Å². The lowest BCUT2D eigenvalue weighted by Gasteiger charge is -2.33. The van der Waals surface area contributed by atoms with Gasteiger partial charge in [-0.2, -0.15) is 4.31 Å². The Morgan fingerprint density at radius 2 is 1.75 bits per heavy atom. The molecule has 0 atom stereocenters. The Kier molecular flexibility index (Phi) is 7.76. The second-order valence-electron chi connectivity index (χ2n) is 9.31. The van der Waals surface area contributed by atoms with Crippen molar-refractivity contribution in [3.63, 3.8) is 0 Å². The first-order chi connectivity index (χ1) is 17.2. The van der Waals surface area contributed by atoms with Gasteiger partial charge in [0.2, 0.25) is 15.9 Å². The van der Waals surface area contributed by atoms with Crippen molar-refractivity contribution in [2.24, 2.45) is 5.92 Å². The van der Waals surface area contributed by atoms with Gasteiger partial charge in [-0.25, -0.2) is 8.42 Å². The summed E-state index contributed by atoms with van der Waals surface area (Å²) in [6, 6.07) is 15.8. The van der Waals surface area contributed by atoms with Gasteiger partial charge in [0, 0.05) is 31.2 Å². The Hall–Kier alpha value is -3.23. The number of nitrogens with zero attached hydrogens (tertiary/aromatic N) is 3. The molecule has 36 heavy (non-hydrogen) atoms. The number of hydrogen-bond acceptors (Lipinski definition) is 5. The van der Waals surface area contributed by atoms with E-state index in [2.05, 4.69) is 5.16 Å². The summed E-state index contributed by atoms with van der Waals surface area (Å²) in [5.74, 6) is 0.0345. The van der Waals surface area contributed by atoms with Crippen LogP contribution in [0, 0.1) is 26.7 Å². The quantitative estimate of drug-likeness (QED) is 0.438. The SMILES string of the molecule is CCN(C(=O)C1CCN(S(=O)(=O)c2c(C)noc2C=Cc2ccc(C)cc2)CC1)c1cccc(C)c1. The number of benzene rings is 2. The average molecular weight is 508 g/mol. The molecule has 190 valence electrons. The van der Waals surface area contributed by atoms with Crippen LogP contribution in [0.3, 0.4) is 0 Å². The zero-order valence-corrected chi connectivity index (χ0v) is 22.1. The van der Waals surface area contributed by atoms with E-state index in [1.807, 2.05) is 75.4 Å². The number of sulfonamides is 1. The summed E-state index contributed by atoms with van der Waals surface area (Å²) in [5.41, 5.74) is 4.38. The van der Waals surface area contributed by atoms with Crippen LogP contribution in [0.1, 0.15) is 47.9 Å². The van der Waals surface area contributed by atoms with E-state index in [4.69, 9.17) is 4.52 Å². The van der Waals surface area contributed by atoms with Crippen molar-refractivity contribution in [3.8, 4) is 0 Å². The van der Waals surface area contributed by atoms with Crippen LogP contribution in [0.4, 0.5) is 5.69 Å². The van der Waals surface area contributed by atoms with E-state index in [1.54, 1.807) is 17.9 Å². The number of amides is 1. The molecule has 0 N–H and O–H groups in total. The molecule has 3 aromatic rings. The highest BCUT2D eigenvalue weighted by Crippen LogP contribution is 2.30. The van der Waals surface area contributed by atoms with Gasteiger partial charge in [-0.1, -0.05) is 53.2 Å². The van der Waals surface area contributed by atoms with E-state index in [0.717, 1.165) is 22.4 Å². The molecule has 1 aromatic heterocycles. The number of hydrogen-bond donors (Lipinski definition) is 0. The minimum absolute atomic E-state index is 0.0445. The molecule has 1 saturated heterocycles. The van der Waals surface area contributed by atoms with Gasteiger partial charge in [-0.05, 0) is 69.9 Å².